The Bertz CT molecular complexity index is 231. The lowest BCUT2D eigenvalue weighted by Crippen LogP contribution is -2.52. The Balaban J connectivity index is 2.45. The molecule has 0 aromatic carbocycles. The molecule has 2 nitrogen and oxygen atoms in total. The van der Waals surface area contributed by atoms with Gasteiger partial charge in [0.1, 0.15) is 0 Å². The first-order valence-corrected chi connectivity index (χ1v) is 5.19. The highest BCUT2D eigenvalue weighted by Crippen LogP contribution is 2.26. The molecule has 1 rings (SSSR count). The van der Waals surface area contributed by atoms with E-state index in [0.29, 0.717) is 13.0 Å². The number of hydrogen-bond donors (Lipinski definition) is 1. The number of Topliss-reactive ketones (excluding diaryl/α,β-unsaturated/α-hetero) is 1. The van der Waals surface area contributed by atoms with Gasteiger partial charge in [0.2, 0.25) is 0 Å². The van der Waals surface area contributed by atoms with Crippen molar-refractivity contribution in [1.82, 2.24) is 5.32 Å². The Hall–Kier alpha value is -0.580. The SMILES string of the molecule is CC1(C(=O)CCC(F)(F)F)CCCCN1. The average molecular weight is 223 g/mol. The number of carbonyl (C=O) groups is 1. The van der Waals surface area contributed by atoms with Gasteiger partial charge >= 0.3 is 6.18 Å². The first-order valence-electron chi connectivity index (χ1n) is 5.19. The quantitative estimate of drug-likeness (QED) is 0.796. The molecule has 0 spiro atoms. The van der Waals surface area contributed by atoms with Crippen molar-refractivity contribution in [3.05, 3.63) is 0 Å². The van der Waals surface area contributed by atoms with E-state index in [-0.39, 0.29) is 5.78 Å². The molecule has 1 atom stereocenters. The maximum Gasteiger partial charge on any atom is 0.389 e. The minimum absolute atomic E-state index is 0.320. The molecule has 15 heavy (non-hydrogen) atoms. The smallest absolute Gasteiger partial charge is 0.305 e. The van der Waals surface area contributed by atoms with Crippen molar-refractivity contribution in [1.29, 1.82) is 0 Å². The van der Waals surface area contributed by atoms with Crippen LogP contribution >= 0.6 is 0 Å². The predicted octanol–water partition coefficient (Wildman–Crippen LogP) is 2.43. The molecule has 0 amide bonds. The summed E-state index contributed by atoms with van der Waals surface area (Å²) in [7, 11) is 0. The first kappa shape index (κ1) is 12.5. The zero-order valence-electron chi connectivity index (χ0n) is 8.78. The van der Waals surface area contributed by atoms with E-state index in [1.165, 1.54) is 0 Å². The lowest BCUT2D eigenvalue weighted by Gasteiger charge is -2.33. The van der Waals surface area contributed by atoms with E-state index < -0.39 is 24.6 Å². The van der Waals surface area contributed by atoms with Crippen molar-refractivity contribution in [3.8, 4) is 0 Å². The van der Waals surface area contributed by atoms with Gasteiger partial charge in [0.05, 0.1) is 12.0 Å². The summed E-state index contributed by atoms with van der Waals surface area (Å²) in [6.45, 7) is 2.42. The van der Waals surface area contributed by atoms with Gasteiger partial charge in [0.15, 0.2) is 5.78 Å². The van der Waals surface area contributed by atoms with Crippen molar-refractivity contribution in [3.63, 3.8) is 0 Å². The summed E-state index contributed by atoms with van der Waals surface area (Å²) in [5, 5.41) is 3.01. The lowest BCUT2D eigenvalue weighted by atomic mass is 9.85. The summed E-state index contributed by atoms with van der Waals surface area (Å²) >= 11 is 0. The summed E-state index contributed by atoms with van der Waals surface area (Å²) < 4.78 is 35.8. The van der Waals surface area contributed by atoms with Gasteiger partial charge in [-0.15, -0.1) is 0 Å². The van der Waals surface area contributed by atoms with E-state index in [0.717, 1.165) is 12.8 Å². The molecule has 1 N–H and O–H groups in total. The summed E-state index contributed by atoms with van der Waals surface area (Å²) in [6, 6.07) is 0. The minimum Gasteiger partial charge on any atom is -0.305 e. The first-order chi connectivity index (χ1) is 6.83. The van der Waals surface area contributed by atoms with Crippen LogP contribution in [0.15, 0.2) is 0 Å². The molecule has 1 fully saturated rings. The second-order valence-corrected chi connectivity index (χ2v) is 4.25. The lowest BCUT2D eigenvalue weighted by molar-refractivity contribution is -0.146. The van der Waals surface area contributed by atoms with Crippen LogP contribution in [0.25, 0.3) is 0 Å². The second-order valence-electron chi connectivity index (χ2n) is 4.25. The van der Waals surface area contributed by atoms with Crippen molar-refractivity contribution in [2.75, 3.05) is 6.54 Å². The molecule has 1 heterocycles. The molecule has 0 saturated carbocycles. The largest absolute Gasteiger partial charge is 0.389 e. The van der Waals surface area contributed by atoms with Gasteiger partial charge in [-0.2, -0.15) is 13.2 Å². The van der Waals surface area contributed by atoms with E-state index in [4.69, 9.17) is 0 Å². The standard InChI is InChI=1S/C10H16F3NO/c1-9(5-2-3-7-14-9)8(15)4-6-10(11,12)13/h14H,2-7H2,1H3. The molecule has 0 aliphatic carbocycles. The molecular weight excluding hydrogens is 207 g/mol. The van der Waals surface area contributed by atoms with Crippen molar-refractivity contribution in [2.45, 2.75) is 50.7 Å². The van der Waals surface area contributed by atoms with Crippen LogP contribution < -0.4 is 5.32 Å². The molecule has 1 saturated heterocycles. The maximum absolute atomic E-state index is 11.9. The number of alkyl halides is 3. The summed E-state index contributed by atoms with van der Waals surface area (Å²) in [5.74, 6) is -0.320. The number of piperidine rings is 1. The van der Waals surface area contributed by atoms with Crippen LogP contribution in [0.1, 0.15) is 39.0 Å². The Morgan fingerprint density at radius 3 is 2.53 bits per heavy atom. The number of hydrogen-bond acceptors (Lipinski definition) is 2. The van der Waals surface area contributed by atoms with Gasteiger partial charge < -0.3 is 5.32 Å². The third-order valence-electron chi connectivity index (χ3n) is 2.87. The molecule has 0 aromatic rings. The third-order valence-corrected chi connectivity index (χ3v) is 2.87. The average Bonchev–Trinajstić information content (AvgIpc) is 2.14. The van der Waals surface area contributed by atoms with Gasteiger partial charge in [-0.25, -0.2) is 0 Å². The molecule has 1 aliphatic rings. The van der Waals surface area contributed by atoms with Crippen LogP contribution in [0.4, 0.5) is 13.2 Å². The van der Waals surface area contributed by atoms with Crippen LogP contribution in [0, 0.1) is 0 Å². The van der Waals surface area contributed by atoms with E-state index in [1.54, 1.807) is 6.92 Å². The zero-order valence-corrected chi connectivity index (χ0v) is 8.78. The zero-order chi connectivity index (χ0) is 11.5. The highest BCUT2D eigenvalue weighted by molar-refractivity contribution is 5.88. The summed E-state index contributed by atoms with van der Waals surface area (Å²) in [4.78, 5) is 11.6. The van der Waals surface area contributed by atoms with E-state index >= 15 is 0 Å². The fourth-order valence-corrected chi connectivity index (χ4v) is 1.83. The fraction of sp³-hybridized carbons (Fsp3) is 0.900. The summed E-state index contributed by atoms with van der Waals surface area (Å²) in [6.07, 6.45) is -3.12. The van der Waals surface area contributed by atoms with E-state index in [2.05, 4.69) is 5.32 Å². The number of halogens is 3. The number of nitrogens with one attached hydrogen (secondary N) is 1. The van der Waals surface area contributed by atoms with Crippen molar-refractivity contribution in [2.24, 2.45) is 0 Å². The third kappa shape index (κ3) is 3.81. The molecule has 1 aliphatic heterocycles. The van der Waals surface area contributed by atoms with Crippen LogP contribution in [0.5, 0.6) is 0 Å². The van der Waals surface area contributed by atoms with Gasteiger partial charge in [-0.1, -0.05) is 0 Å². The normalized spacial score (nSPS) is 27.7. The summed E-state index contributed by atoms with van der Waals surface area (Å²) in [5.41, 5.74) is -0.733. The molecular formula is C10H16F3NO. The van der Waals surface area contributed by atoms with Gasteiger partial charge in [-0.05, 0) is 32.7 Å². The monoisotopic (exact) mass is 223 g/mol. The highest BCUT2D eigenvalue weighted by atomic mass is 19.4. The molecule has 0 aromatic heterocycles. The Morgan fingerprint density at radius 1 is 1.40 bits per heavy atom. The Kier molecular flexibility index (Phi) is 3.76. The Labute approximate surface area is 87.2 Å². The van der Waals surface area contributed by atoms with Crippen LogP contribution in [-0.2, 0) is 4.79 Å². The number of carbonyl (C=O) groups excluding carboxylic acids is 1. The van der Waals surface area contributed by atoms with Gasteiger partial charge in [0, 0.05) is 6.42 Å². The van der Waals surface area contributed by atoms with Crippen LogP contribution in [0.3, 0.4) is 0 Å². The van der Waals surface area contributed by atoms with Crippen molar-refractivity contribution >= 4 is 5.78 Å². The molecule has 88 valence electrons. The van der Waals surface area contributed by atoms with E-state index in [9.17, 15) is 18.0 Å². The second kappa shape index (κ2) is 4.51. The number of rotatable bonds is 3. The predicted molar refractivity (Wildman–Crippen MR) is 50.6 cm³/mol. The van der Waals surface area contributed by atoms with Gasteiger partial charge in [0.25, 0.3) is 0 Å². The molecule has 0 radical (unpaired) electrons. The maximum atomic E-state index is 11.9. The highest BCUT2D eigenvalue weighted by Gasteiger charge is 2.36. The topological polar surface area (TPSA) is 29.1 Å². The Morgan fingerprint density at radius 2 is 2.07 bits per heavy atom. The minimum atomic E-state index is -4.24. The number of ketones is 1. The van der Waals surface area contributed by atoms with E-state index in [1.807, 2.05) is 0 Å². The fourth-order valence-electron chi connectivity index (χ4n) is 1.83. The molecule has 5 heteroatoms. The molecule has 1 unspecified atom stereocenters. The molecule has 0 bridgehead atoms. The van der Waals surface area contributed by atoms with Crippen LogP contribution in [-0.4, -0.2) is 24.0 Å². The van der Waals surface area contributed by atoms with Crippen molar-refractivity contribution < 1.29 is 18.0 Å². The van der Waals surface area contributed by atoms with Crippen LogP contribution in [0.2, 0.25) is 0 Å². The van der Waals surface area contributed by atoms with Gasteiger partial charge in [-0.3, -0.25) is 4.79 Å².